The van der Waals surface area contributed by atoms with Crippen LogP contribution in [0.2, 0.25) is 0 Å². The summed E-state index contributed by atoms with van der Waals surface area (Å²) in [6, 6.07) is 0. The summed E-state index contributed by atoms with van der Waals surface area (Å²) in [4.78, 5) is 12.0. The van der Waals surface area contributed by atoms with Crippen LogP contribution in [0.3, 0.4) is 0 Å². The zero-order valence-corrected chi connectivity index (χ0v) is 16.8. The van der Waals surface area contributed by atoms with Crippen LogP contribution in [0.1, 0.15) is 66.7 Å². The Kier molecular flexibility index (Phi) is 7.36. The lowest BCUT2D eigenvalue weighted by Crippen LogP contribution is -2.57. The molecule has 25 heavy (non-hydrogen) atoms. The highest BCUT2D eigenvalue weighted by atomic mass is 16.6. The van der Waals surface area contributed by atoms with Crippen LogP contribution in [0.25, 0.3) is 0 Å². The van der Waals surface area contributed by atoms with E-state index in [4.69, 9.17) is 9.47 Å². The number of rotatable bonds is 8. The van der Waals surface area contributed by atoms with Gasteiger partial charge >= 0.3 is 6.09 Å². The first-order valence-corrected chi connectivity index (χ1v) is 10.2. The number of hydrogen-bond donors (Lipinski definition) is 1. The van der Waals surface area contributed by atoms with Crippen molar-refractivity contribution >= 4 is 6.09 Å². The van der Waals surface area contributed by atoms with Gasteiger partial charge in [-0.25, -0.2) is 4.79 Å². The number of allylic oxidation sites excluding steroid dienone is 1. The molecule has 0 unspecified atom stereocenters. The van der Waals surface area contributed by atoms with Crippen molar-refractivity contribution in [1.82, 2.24) is 5.32 Å². The van der Waals surface area contributed by atoms with Gasteiger partial charge in [-0.1, -0.05) is 58.6 Å². The first-order chi connectivity index (χ1) is 12.0. The molecule has 1 saturated heterocycles. The number of alkyl carbamates (subject to hydrolysis) is 1. The second-order valence-electron chi connectivity index (χ2n) is 8.10. The van der Waals surface area contributed by atoms with Gasteiger partial charge in [0.15, 0.2) is 0 Å². The van der Waals surface area contributed by atoms with Crippen LogP contribution in [-0.2, 0) is 9.47 Å². The molecule has 2 rings (SSSR count). The van der Waals surface area contributed by atoms with Crippen LogP contribution in [-0.4, -0.2) is 32.0 Å². The van der Waals surface area contributed by atoms with E-state index >= 15 is 0 Å². The number of hydrogen-bond acceptors (Lipinski definition) is 3. The molecule has 1 N–H and O–H groups in total. The van der Waals surface area contributed by atoms with E-state index in [2.05, 4.69) is 46.0 Å². The van der Waals surface area contributed by atoms with E-state index in [0.717, 1.165) is 19.3 Å². The lowest BCUT2D eigenvalue weighted by atomic mass is 9.56. The van der Waals surface area contributed by atoms with E-state index in [1.165, 1.54) is 18.4 Å². The molecule has 0 aromatic carbocycles. The molecule has 1 aliphatic carbocycles. The number of amides is 1. The first-order valence-electron chi connectivity index (χ1n) is 10.2. The van der Waals surface area contributed by atoms with E-state index in [0.29, 0.717) is 43.6 Å². The van der Waals surface area contributed by atoms with Gasteiger partial charge in [-0.2, -0.15) is 0 Å². The highest BCUT2D eigenvalue weighted by molar-refractivity contribution is 5.67. The average Bonchev–Trinajstić information content (AvgIpc) is 2.58. The van der Waals surface area contributed by atoms with E-state index in [1.807, 2.05) is 0 Å². The van der Waals surface area contributed by atoms with Crippen molar-refractivity contribution in [2.75, 3.05) is 19.8 Å². The molecule has 1 fully saturated rings. The third-order valence-electron chi connectivity index (χ3n) is 6.47. The van der Waals surface area contributed by atoms with Crippen LogP contribution in [0, 0.1) is 23.2 Å². The Balaban J connectivity index is 2.05. The molecular weight excluding hydrogens is 314 g/mol. The molecule has 1 aliphatic heterocycles. The summed E-state index contributed by atoms with van der Waals surface area (Å²) in [5, 5.41) is 2.85. The second-order valence-corrected chi connectivity index (χ2v) is 8.10. The summed E-state index contributed by atoms with van der Waals surface area (Å²) in [5.74, 6) is 1.27. The van der Waals surface area contributed by atoms with Crippen LogP contribution in [0.15, 0.2) is 11.6 Å². The molecule has 5 atom stereocenters. The molecule has 144 valence electrons. The molecule has 2 aliphatic rings. The molecule has 0 aromatic rings. The summed E-state index contributed by atoms with van der Waals surface area (Å²) < 4.78 is 12.0. The van der Waals surface area contributed by atoms with Gasteiger partial charge in [0.05, 0.1) is 12.7 Å². The summed E-state index contributed by atoms with van der Waals surface area (Å²) in [6.07, 6.45) is 8.00. The van der Waals surface area contributed by atoms with Crippen molar-refractivity contribution in [3.05, 3.63) is 11.6 Å². The fourth-order valence-corrected chi connectivity index (χ4v) is 4.67. The van der Waals surface area contributed by atoms with Crippen molar-refractivity contribution in [3.63, 3.8) is 0 Å². The Morgan fingerprint density at radius 1 is 1.32 bits per heavy atom. The minimum atomic E-state index is -0.293. The van der Waals surface area contributed by atoms with Gasteiger partial charge in [0, 0.05) is 17.9 Å². The molecule has 1 amide bonds. The second kappa shape index (κ2) is 9.07. The van der Waals surface area contributed by atoms with Gasteiger partial charge in [-0.15, -0.1) is 0 Å². The highest BCUT2D eigenvalue weighted by Crippen LogP contribution is 2.53. The summed E-state index contributed by atoms with van der Waals surface area (Å²) in [7, 11) is 0. The van der Waals surface area contributed by atoms with Gasteiger partial charge in [-0.05, 0) is 31.6 Å². The standard InChI is InChI=1S/C21H37NO3/c1-6-8-10-18-19-15(3)12-16(4)21(13-24-18,17(19)5)14-25-20(23)22-11-9-7-2/h12,16-19H,6-11,13-14H2,1-5H3,(H,22,23)/t16-,17+,18+,19-,21+/m0/s1. The fraction of sp³-hybridized carbons (Fsp3) is 0.857. The molecule has 1 heterocycles. The van der Waals surface area contributed by atoms with Crippen molar-refractivity contribution in [2.45, 2.75) is 72.8 Å². The van der Waals surface area contributed by atoms with Crippen LogP contribution in [0.5, 0.6) is 0 Å². The summed E-state index contributed by atoms with van der Waals surface area (Å²) in [6.45, 7) is 13.0. The summed E-state index contributed by atoms with van der Waals surface area (Å²) >= 11 is 0. The van der Waals surface area contributed by atoms with E-state index in [-0.39, 0.29) is 11.5 Å². The number of carbonyl (C=O) groups is 1. The first kappa shape index (κ1) is 20.3. The maximum Gasteiger partial charge on any atom is 0.407 e. The normalized spacial score (nSPS) is 34.4. The largest absolute Gasteiger partial charge is 0.449 e. The minimum absolute atomic E-state index is 0.102. The summed E-state index contributed by atoms with van der Waals surface area (Å²) in [5.41, 5.74) is 1.35. The van der Waals surface area contributed by atoms with E-state index in [1.54, 1.807) is 0 Å². The number of nitrogens with one attached hydrogen (secondary N) is 1. The maximum atomic E-state index is 12.0. The lowest BCUT2D eigenvalue weighted by molar-refractivity contribution is -0.165. The Morgan fingerprint density at radius 3 is 2.72 bits per heavy atom. The lowest BCUT2D eigenvalue weighted by Gasteiger charge is -2.55. The number of carbonyl (C=O) groups excluding carboxylic acids is 1. The Hall–Kier alpha value is -1.03. The van der Waals surface area contributed by atoms with Crippen molar-refractivity contribution in [3.8, 4) is 0 Å². The van der Waals surface area contributed by atoms with Crippen LogP contribution >= 0.6 is 0 Å². The molecule has 0 radical (unpaired) electrons. The third kappa shape index (κ3) is 4.39. The predicted octanol–water partition coefficient (Wildman–Crippen LogP) is 4.94. The molecular formula is C21H37NO3. The fourth-order valence-electron chi connectivity index (χ4n) is 4.67. The van der Waals surface area contributed by atoms with Crippen molar-refractivity contribution < 1.29 is 14.3 Å². The Morgan fingerprint density at radius 2 is 2.04 bits per heavy atom. The van der Waals surface area contributed by atoms with Crippen LogP contribution < -0.4 is 5.32 Å². The van der Waals surface area contributed by atoms with Gasteiger partial charge in [0.1, 0.15) is 6.61 Å². The smallest absolute Gasteiger partial charge is 0.407 e. The third-order valence-corrected chi connectivity index (χ3v) is 6.47. The molecule has 0 aromatic heterocycles. The molecule has 4 heteroatoms. The topological polar surface area (TPSA) is 47.6 Å². The van der Waals surface area contributed by atoms with E-state index < -0.39 is 0 Å². The van der Waals surface area contributed by atoms with Gasteiger partial charge in [-0.3, -0.25) is 0 Å². The Bertz CT molecular complexity index is 476. The SMILES string of the molecule is CCCCNC(=O)OC[C@]12CO[C@H](CCCC)[C@@H](C(C)=C[C@@H]1C)[C@H]2C. The zero-order chi connectivity index (χ0) is 18.4. The highest BCUT2D eigenvalue weighted by Gasteiger charge is 2.53. The Labute approximate surface area is 153 Å². The number of ether oxygens (including phenoxy) is 2. The predicted molar refractivity (Wildman–Crippen MR) is 102 cm³/mol. The molecule has 4 nitrogen and oxygen atoms in total. The molecule has 0 spiro atoms. The van der Waals surface area contributed by atoms with Crippen molar-refractivity contribution in [1.29, 1.82) is 0 Å². The van der Waals surface area contributed by atoms with Gasteiger partial charge < -0.3 is 14.8 Å². The van der Waals surface area contributed by atoms with Crippen LogP contribution in [0.4, 0.5) is 4.79 Å². The molecule has 0 saturated carbocycles. The van der Waals surface area contributed by atoms with Gasteiger partial charge in [0.2, 0.25) is 0 Å². The van der Waals surface area contributed by atoms with Gasteiger partial charge in [0.25, 0.3) is 0 Å². The van der Waals surface area contributed by atoms with E-state index in [9.17, 15) is 4.79 Å². The maximum absolute atomic E-state index is 12.0. The zero-order valence-electron chi connectivity index (χ0n) is 16.8. The number of fused-ring (bicyclic) bond motifs is 2. The quantitative estimate of drug-likeness (QED) is 0.498. The number of unbranched alkanes of at least 4 members (excludes halogenated alkanes) is 2. The minimum Gasteiger partial charge on any atom is -0.449 e. The monoisotopic (exact) mass is 351 g/mol. The molecule has 2 bridgehead atoms. The average molecular weight is 352 g/mol. The van der Waals surface area contributed by atoms with Crippen molar-refractivity contribution in [2.24, 2.45) is 23.2 Å².